The fourth-order valence-electron chi connectivity index (χ4n) is 4.64. The maximum atomic E-state index is 14.0. The molecule has 1 aliphatic heterocycles. The predicted molar refractivity (Wildman–Crippen MR) is 149 cm³/mol. The molecule has 0 spiro atoms. The first-order valence-electron chi connectivity index (χ1n) is 12.2. The number of fused-ring (bicyclic) bond motifs is 1. The van der Waals surface area contributed by atoms with E-state index in [0.29, 0.717) is 67.1 Å². The van der Waals surface area contributed by atoms with E-state index < -0.39 is 6.04 Å². The first kappa shape index (κ1) is 27.5. The zero-order valence-electron chi connectivity index (χ0n) is 22.2. The number of hydrogen-bond donors (Lipinski definition) is 0. The van der Waals surface area contributed by atoms with Crippen LogP contribution in [0.4, 0.5) is 0 Å². The van der Waals surface area contributed by atoms with Gasteiger partial charge in [0.15, 0.2) is 16.3 Å². The van der Waals surface area contributed by atoms with Crippen molar-refractivity contribution >= 4 is 34.9 Å². The highest BCUT2D eigenvalue weighted by Gasteiger charge is 2.35. The summed E-state index contributed by atoms with van der Waals surface area (Å²) in [6, 6.07) is 10.2. The number of ether oxygens (including phenoxy) is 3. The number of allylic oxidation sites excluding steroid dienone is 1. The zero-order valence-corrected chi connectivity index (χ0v) is 23.8. The molecule has 0 saturated heterocycles. The lowest BCUT2D eigenvalue weighted by Gasteiger charge is -2.29. The number of thiazole rings is 1. The molecule has 3 aromatic rings. The summed E-state index contributed by atoms with van der Waals surface area (Å²) in [7, 11) is 4.61. The van der Waals surface area contributed by atoms with Gasteiger partial charge in [0.05, 0.1) is 42.2 Å². The summed E-state index contributed by atoms with van der Waals surface area (Å²) < 4.78 is 18.4. The summed E-state index contributed by atoms with van der Waals surface area (Å²) in [5.41, 5.74) is 2.13. The van der Waals surface area contributed by atoms with Gasteiger partial charge in [-0.05, 0) is 50.6 Å². The molecule has 0 unspecified atom stereocenters. The number of nitrogens with zero attached hydrogens (tertiary/aromatic N) is 3. The van der Waals surface area contributed by atoms with E-state index >= 15 is 0 Å². The van der Waals surface area contributed by atoms with Crippen molar-refractivity contribution < 1.29 is 19.0 Å². The van der Waals surface area contributed by atoms with E-state index in [1.54, 1.807) is 34.8 Å². The smallest absolute Gasteiger partial charge is 0.271 e. The number of hydrogen-bond acceptors (Lipinski definition) is 7. The summed E-state index contributed by atoms with van der Waals surface area (Å²) in [5.74, 6) is 1.29. The number of methoxy groups -OCH3 is 3. The molecule has 0 saturated carbocycles. The van der Waals surface area contributed by atoms with Crippen molar-refractivity contribution in [1.29, 1.82) is 0 Å². The van der Waals surface area contributed by atoms with Crippen molar-refractivity contribution in [2.75, 3.05) is 34.4 Å². The Morgan fingerprint density at radius 3 is 2.42 bits per heavy atom. The van der Waals surface area contributed by atoms with Gasteiger partial charge >= 0.3 is 0 Å². The lowest BCUT2D eigenvalue weighted by molar-refractivity contribution is -0.127. The van der Waals surface area contributed by atoms with Crippen molar-refractivity contribution in [2.45, 2.75) is 26.8 Å². The maximum Gasteiger partial charge on any atom is 0.271 e. The van der Waals surface area contributed by atoms with Crippen LogP contribution in [0.3, 0.4) is 0 Å². The summed E-state index contributed by atoms with van der Waals surface area (Å²) in [5, 5.41) is 0.362. The number of carbonyl (C=O) groups is 1. The van der Waals surface area contributed by atoms with Gasteiger partial charge in [0.1, 0.15) is 11.8 Å². The van der Waals surface area contributed by atoms with E-state index in [-0.39, 0.29) is 11.5 Å². The van der Waals surface area contributed by atoms with Crippen LogP contribution in [0.5, 0.6) is 17.2 Å². The molecule has 4 rings (SSSR count). The van der Waals surface area contributed by atoms with Crippen LogP contribution in [-0.4, -0.2) is 49.8 Å². The van der Waals surface area contributed by atoms with Gasteiger partial charge in [0.25, 0.3) is 11.5 Å². The largest absolute Gasteiger partial charge is 0.496 e. The Kier molecular flexibility index (Phi) is 8.28. The molecule has 0 aliphatic carbocycles. The highest BCUT2D eigenvalue weighted by molar-refractivity contribution is 7.07. The Hall–Kier alpha value is -3.56. The number of halogens is 1. The SMILES string of the molecule is CCN(CC)C(=O)C1=C(C)N=c2s/c(=C/c3cc(Cl)c(OC)c(OC)c3)c(=O)n2[C@@H]1c1ccccc1OC. The second-order valence-electron chi connectivity index (χ2n) is 8.54. The average molecular weight is 556 g/mol. The molecule has 0 N–H and O–H groups in total. The van der Waals surface area contributed by atoms with Crippen LogP contribution in [0, 0.1) is 0 Å². The first-order chi connectivity index (χ1) is 18.3. The van der Waals surface area contributed by atoms with Crippen LogP contribution in [0.25, 0.3) is 6.08 Å². The van der Waals surface area contributed by atoms with Gasteiger partial charge in [-0.2, -0.15) is 0 Å². The normalized spacial score (nSPS) is 15.1. The number of likely N-dealkylation sites (N-methyl/N-ethyl adjacent to an activating group) is 1. The summed E-state index contributed by atoms with van der Waals surface area (Å²) in [6.45, 7) is 6.74. The number of rotatable bonds is 8. The van der Waals surface area contributed by atoms with Crippen molar-refractivity contribution in [3.63, 3.8) is 0 Å². The minimum absolute atomic E-state index is 0.159. The van der Waals surface area contributed by atoms with Crippen molar-refractivity contribution in [1.82, 2.24) is 9.47 Å². The molecule has 0 radical (unpaired) electrons. The molecule has 1 aliphatic rings. The van der Waals surface area contributed by atoms with E-state index in [1.807, 2.05) is 45.0 Å². The highest BCUT2D eigenvalue weighted by atomic mass is 35.5. The molecule has 1 aromatic heterocycles. The van der Waals surface area contributed by atoms with Gasteiger partial charge in [0, 0.05) is 18.7 Å². The third-order valence-electron chi connectivity index (χ3n) is 6.49. The third-order valence-corrected chi connectivity index (χ3v) is 7.75. The summed E-state index contributed by atoms with van der Waals surface area (Å²) in [4.78, 5) is 34.6. The fraction of sp³-hybridized carbons (Fsp3) is 0.321. The van der Waals surface area contributed by atoms with Crippen LogP contribution in [0.1, 0.15) is 37.9 Å². The maximum absolute atomic E-state index is 14.0. The van der Waals surface area contributed by atoms with Crippen LogP contribution in [0.2, 0.25) is 5.02 Å². The van der Waals surface area contributed by atoms with E-state index in [9.17, 15) is 9.59 Å². The molecular formula is C28H30ClN3O5S. The van der Waals surface area contributed by atoms with Gasteiger partial charge in [-0.1, -0.05) is 41.1 Å². The van der Waals surface area contributed by atoms with E-state index in [1.165, 1.54) is 25.6 Å². The molecule has 38 heavy (non-hydrogen) atoms. The quantitative estimate of drug-likeness (QED) is 0.422. The Balaban J connectivity index is 1.99. The zero-order chi connectivity index (χ0) is 27.6. The lowest BCUT2D eigenvalue weighted by Crippen LogP contribution is -2.43. The number of carbonyl (C=O) groups excluding carboxylic acids is 1. The fourth-order valence-corrected chi connectivity index (χ4v) is 5.98. The monoisotopic (exact) mass is 555 g/mol. The van der Waals surface area contributed by atoms with Crippen LogP contribution < -0.4 is 29.1 Å². The van der Waals surface area contributed by atoms with Crippen molar-refractivity contribution in [2.24, 2.45) is 4.99 Å². The average Bonchev–Trinajstić information content (AvgIpc) is 3.21. The Morgan fingerprint density at radius 2 is 1.79 bits per heavy atom. The van der Waals surface area contributed by atoms with Crippen LogP contribution in [-0.2, 0) is 4.79 Å². The number of benzene rings is 2. The van der Waals surface area contributed by atoms with E-state index in [0.717, 1.165) is 0 Å². The Morgan fingerprint density at radius 1 is 1.11 bits per heavy atom. The summed E-state index contributed by atoms with van der Waals surface area (Å²) in [6.07, 6.45) is 1.74. The van der Waals surface area contributed by atoms with Gasteiger partial charge in [0.2, 0.25) is 0 Å². The van der Waals surface area contributed by atoms with Gasteiger partial charge < -0.3 is 19.1 Å². The van der Waals surface area contributed by atoms with Crippen molar-refractivity contribution in [3.8, 4) is 17.2 Å². The topological polar surface area (TPSA) is 82.4 Å². The Labute approximate surface area is 230 Å². The number of aromatic nitrogens is 1. The molecule has 2 aromatic carbocycles. The van der Waals surface area contributed by atoms with Crippen LogP contribution in [0.15, 0.2) is 57.5 Å². The van der Waals surface area contributed by atoms with Gasteiger partial charge in [-0.15, -0.1) is 0 Å². The number of amides is 1. The minimum Gasteiger partial charge on any atom is -0.496 e. The minimum atomic E-state index is -0.702. The van der Waals surface area contributed by atoms with Crippen molar-refractivity contribution in [3.05, 3.63) is 83.5 Å². The highest BCUT2D eigenvalue weighted by Crippen LogP contribution is 2.37. The molecule has 1 amide bonds. The molecular weight excluding hydrogens is 526 g/mol. The molecule has 0 fully saturated rings. The number of para-hydroxylation sites is 1. The predicted octanol–water partition coefficient (Wildman–Crippen LogP) is 3.78. The standard InChI is InChI=1S/C28H30ClN3O5S/c1-7-31(8-2)27(34)23-16(3)30-28-32(24(23)18-11-9-10-12-20(18)35-4)26(33)22(38-28)15-17-13-19(29)25(37-6)21(14-17)36-5/h9-15,24H,7-8H2,1-6H3/b22-15+/t24-/m1/s1. The Bertz CT molecular complexity index is 1590. The van der Waals surface area contributed by atoms with Crippen LogP contribution >= 0.6 is 22.9 Å². The second-order valence-corrected chi connectivity index (χ2v) is 9.96. The molecule has 0 bridgehead atoms. The molecule has 1 atom stereocenters. The summed E-state index contributed by atoms with van der Waals surface area (Å²) >= 11 is 7.65. The third kappa shape index (κ3) is 4.83. The molecule has 2 heterocycles. The molecule has 200 valence electrons. The van der Waals surface area contributed by atoms with Gasteiger partial charge in [-0.25, -0.2) is 4.99 Å². The molecule has 10 heteroatoms. The lowest BCUT2D eigenvalue weighted by atomic mass is 9.94. The second kappa shape index (κ2) is 11.4. The van der Waals surface area contributed by atoms with E-state index in [4.69, 9.17) is 30.8 Å². The molecule has 8 nitrogen and oxygen atoms in total. The van der Waals surface area contributed by atoms with E-state index in [2.05, 4.69) is 0 Å². The van der Waals surface area contributed by atoms with Gasteiger partial charge in [-0.3, -0.25) is 14.2 Å². The first-order valence-corrected chi connectivity index (χ1v) is 13.3.